The van der Waals surface area contributed by atoms with Crippen LogP contribution in [0.25, 0.3) is 22.3 Å². The van der Waals surface area contributed by atoms with E-state index in [0.717, 1.165) is 67.7 Å². The quantitative estimate of drug-likeness (QED) is 0.561. The smallest absolute Gasteiger partial charge is 0.162 e. The topological polar surface area (TPSA) is 98.2 Å². The lowest BCUT2D eigenvalue weighted by molar-refractivity contribution is 0.212. The van der Waals surface area contributed by atoms with E-state index in [9.17, 15) is 8.76 Å². The van der Waals surface area contributed by atoms with Gasteiger partial charge in [-0.25, -0.2) is 9.97 Å². The van der Waals surface area contributed by atoms with Crippen LogP contribution in [0, 0.1) is 5.41 Å². The number of aromatic nitrogens is 4. The van der Waals surface area contributed by atoms with Crippen LogP contribution in [0.1, 0.15) is 19.3 Å². The molecule has 1 spiro atoms. The van der Waals surface area contributed by atoms with Gasteiger partial charge in [-0.3, -0.25) is 14.2 Å². The third-order valence-electron chi connectivity index (χ3n) is 6.63. The fourth-order valence-electron chi connectivity index (χ4n) is 4.86. The van der Waals surface area contributed by atoms with Crippen LogP contribution in [0.15, 0.2) is 43.0 Å². The summed E-state index contributed by atoms with van der Waals surface area (Å²) in [5, 5.41) is 1.02. The molecule has 1 atom stereocenters. The molecule has 2 saturated heterocycles. The van der Waals surface area contributed by atoms with Crippen molar-refractivity contribution < 1.29 is 8.76 Å². The second-order valence-corrected chi connectivity index (χ2v) is 9.54. The second kappa shape index (κ2) is 8.57. The molecule has 0 bridgehead atoms. The predicted molar refractivity (Wildman–Crippen MR) is 119 cm³/mol. The first kappa shape index (κ1) is 20.4. The van der Waals surface area contributed by atoms with Crippen LogP contribution in [0.5, 0.6) is 0 Å². The van der Waals surface area contributed by atoms with Crippen molar-refractivity contribution in [2.24, 2.45) is 5.41 Å². The summed E-state index contributed by atoms with van der Waals surface area (Å²) in [5.74, 6) is 1.88. The molecule has 31 heavy (non-hydrogen) atoms. The maximum absolute atomic E-state index is 10.9. The Morgan fingerprint density at radius 3 is 2.52 bits per heavy atom. The molecular weight excluding hydrogens is 412 g/mol. The minimum Gasteiger partial charge on any atom is -0.772 e. The molecule has 3 aromatic rings. The van der Waals surface area contributed by atoms with Crippen LogP contribution in [-0.2, 0) is 11.1 Å². The van der Waals surface area contributed by atoms with Crippen LogP contribution < -0.4 is 4.90 Å². The van der Waals surface area contributed by atoms with E-state index < -0.39 is 11.1 Å². The molecule has 8 nitrogen and oxygen atoms in total. The third kappa shape index (κ3) is 4.30. The number of pyridine rings is 2. The summed E-state index contributed by atoms with van der Waals surface area (Å²) in [7, 11) is 0. The van der Waals surface area contributed by atoms with E-state index in [1.165, 1.54) is 0 Å². The Morgan fingerprint density at radius 2 is 1.74 bits per heavy atom. The zero-order valence-corrected chi connectivity index (χ0v) is 18.1. The van der Waals surface area contributed by atoms with Crippen LogP contribution in [0.2, 0.25) is 0 Å². The van der Waals surface area contributed by atoms with Crippen molar-refractivity contribution in [2.75, 3.05) is 43.4 Å². The van der Waals surface area contributed by atoms with Crippen molar-refractivity contribution in [1.29, 1.82) is 0 Å². The number of fused-ring (bicyclic) bond motifs is 1. The molecule has 2 aliphatic heterocycles. The summed E-state index contributed by atoms with van der Waals surface area (Å²) in [6.45, 7) is 4.50. The van der Waals surface area contributed by atoms with Gasteiger partial charge in [0.15, 0.2) is 5.82 Å². The van der Waals surface area contributed by atoms with Gasteiger partial charge in [-0.05, 0) is 49.4 Å². The Morgan fingerprint density at radius 1 is 1.00 bits per heavy atom. The highest BCUT2D eigenvalue weighted by atomic mass is 32.2. The molecule has 0 aromatic carbocycles. The van der Waals surface area contributed by atoms with Gasteiger partial charge in [-0.1, -0.05) is 11.1 Å². The van der Waals surface area contributed by atoms with Crippen molar-refractivity contribution in [1.82, 2.24) is 24.8 Å². The molecule has 162 valence electrons. The van der Waals surface area contributed by atoms with E-state index in [2.05, 4.69) is 19.8 Å². The van der Waals surface area contributed by atoms with Gasteiger partial charge in [0, 0.05) is 61.5 Å². The predicted octanol–water partition coefficient (Wildman–Crippen LogP) is 2.26. The van der Waals surface area contributed by atoms with Gasteiger partial charge in [-0.2, -0.15) is 0 Å². The zero-order valence-electron chi connectivity index (χ0n) is 17.3. The van der Waals surface area contributed by atoms with Crippen molar-refractivity contribution in [2.45, 2.75) is 19.3 Å². The van der Waals surface area contributed by atoms with E-state index >= 15 is 0 Å². The highest BCUT2D eigenvalue weighted by Gasteiger charge is 2.40. The van der Waals surface area contributed by atoms with Gasteiger partial charge in [0.1, 0.15) is 5.82 Å². The molecule has 0 aliphatic carbocycles. The Bertz CT molecular complexity index is 1090. The van der Waals surface area contributed by atoms with Gasteiger partial charge < -0.3 is 14.4 Å². The number of hydrogen-bond donors (Lipinski definition) is 0. The molecule has 0 amide bonds. The molecule has 2 aliphatic rings. The van der Waals surface area contributed by atoms with Crippen LogP contribution >= 0.6 is 0 Å². The zero-order chi connectivity index (χ0) is 21.3. The van der Waals surface area contributed by atoms with E-state index in [1.54, 1.807) is 24.8 Å². The molecule has 5 heterocycles. The molecule has 3 aromatic heterocycles. The number of likely N-dealkylation sites (tertiary alicyclic amines) is 1. The Labute approximate surface area is 184 Å². The van der Waals surface area contributed by atoms with Crippen molar-refractivity contribution >= 4 is 27.8 Å². The summed E-state index contributed by atoms with van der Waals surface area (Å²) >= 11 is -1.96. The van der Waals surface area contributed by atoms with E-state index in [0.29, 0.717) is 17.8 Å². The lowest BCUT2D eigenvalue weighted by Gasteiger charge is -2.40. The minimum absolute atomic E-state index is 0.223. The molecule has 5 rings (SSSR count). The third-order valence-corrected chi connectivity index (χ3v) is 7.15. The lowest BCUT2D eigenvalue weighted by atomic mass is 9.78. The number of rotatable bonds is 5. The van der Waals surface area contributed by atoms with Crippen LogP contribution in [-0.4, -0.2) is 72.1 Å². The van der Waals surface area contributed by atoms with Gasteiger partial charge >= 0.3 is 0 Å². The summed E-state index contributed by atoms with van der Waals surface area (Å²) in [4.78, 5) is 22.7. The maximum Gasteiger partial charge on any atom is 0.162 e. The molecule has 1 unspecified atom stereocenters. The number of piperidine rings is 1. The summed E-state index contributed by atoms with van der Waals surface area (Å²) < 4.78 is 21.8. The number of anilines is 1. The largest absolute Gasteiger partial charge is 0.772 e. The standard InChI is InChI=1S/C22H26N6O2S/c29-31(30)14-13-27-10-4-22(16-27)5-11-28(12-6-22)21-18-3-9-24-15-19(18)25-20(26-21)17-1-7-23-8-2-17/h1-3,7-9,15H,4-6,10-14,16H2,(H,29,30)/p-1. The number of nitrogens with zero attached hydrogens (tertiary/aromatic N) is 6. The van der Waals surface area contributed by atoms with Crippen molar-refractivity contribution in [3.8, 4) is 11.4 Å². The fraction of sp³-hybridized carbons (Fsp3) is 0.455. The van der Waals surface area contributed by atoms with Crippen molar-refractivity contribution in [3.63, 3.8) is 0 Å². The molecule has 2 fully saturated rings. The molecule has 0 saturated carbocycles. The fourth-order valence-corrected chi connectivity index (χ4v) is 5.27. The molecule has 9 heteroatoms. The molecule has 0 N–H and O–H groups in total. The van der Waals surface area contributed by atoms with E-state index in [-0.39, 0.29) is 5.75 Å². The molecular formula is C22H25N6O2S-. The first-order chi connectivity index (χ1) is 15.1. The summed E-state index contributed by atoms with van der Waals surface area (Å²) in [5.41, 5.74) is 2.08. The lowest BCUT2D eigenvalue weighted by Crippen LogP contribution is -2.42. The highest BCUT2D eigenvalue weighted by molar-refractivity contribution is 7.79. The average molecular weight is 438 g/mol. The SMILES string of the molecule is O=S([O-])CCN1CCC2(CCN(c3nc(-c4ccncc4)nc4cnccc34)CC2)C1. The maximum atomic E-state index is 10.9. The highest BCUT2D eigenvalue weighted by Crippen LogP contribution is 2.42. The first-order valence-corrected chi connectivity index (χ1v) is 11.9. The van der Waals surface area contributed by atoms with Crippen LogP contribution in [0.4, 0.5) is 5.82 Å². The van der Waals surface area contributed by atoms with Gasteiger partial charge in [0.25, 0.3) is 0 Å². The van der Waals surface area contributed by atoms with Gasteiger partial charge in [0.2, 0.25) is 0 Å². The average Bonchev–Trinajstić information content (AvgIpc) is 3.20. The summed E-state index contributed by atoms with van der Waals surface area (Å²) in [6, 6.07) is 5.84. The van der Waals surface area contributed by atoms with Crippen molar-refractivity contribution in [3.05, 3.63) is 43.0 Å². The minimum atomic E-state index is -1.96. The number of hydrogen-bond acceptors (Lipinski definition) is 8. The normalized spacial score (nSPS) is 19.8. The first-order valence-electron chi connectivity index (χ1n) is 10.7. The van der Waals surface area contributed by atoms with Gasteiger partial charge in [-0.15, -0.1) is 0 Å². The molecule has 0 radical (unpaired) electrons. The Kier molecular flexibility index (Phi) is 5.64. The van der Waals surface area contributed by atoms with Crippen LogP contribution in [0.3, 0.4) is 0 Å². The van der Waals surface area contributed by atoms with E-state index in [1.807, 2.05) is 18.2 Å². The summed E-state index contributed by atoms with van der Waals surface area (Å²) in [6.07, 6.45) is 10.4. The van der Waals surface area contributed by atoms with E-state index in [4.69, 9.17) is 9.97 Å². The monoisotopic (exact) mass is 437 g/mol. The Hall–Kier alpha value is -2.49. The second-order valence-electron chi connectivity index (χ2n) is 8.52. The van der Waals surface area contributed by atoms with Gasteiger partial charge in [0.05, 0.1) is 11.7 Å². The Balaban J connectivity index is 1.37.